The lowest BCUT2D eigenvalue weighted by Gasteiger charge is -2.30. The Bertz CT molecular complexity index is 486. The lowest BCUT2D eigenvalue weighted by Crippen LogP contribution is -2.32. The predicted octanol–water partition coefficient (Wildman–Crippen LogP) is 0.796. The van der Waals surface area contributed by atoms with E-state index in [9.17, 15) is 10.2 Å². The molecular weight excluding hydrogens is 471 g/mol. The Morgan fingerprint density at radius 3 is 1.58 bits per heavy atom. The summed E-state index contributed by atoms with van der Waals surface area (Å²) in [5, 5.41) is 36.7. The van der Waals surface area contributed by atoms with Crippen molar-refractivity contribution in [3.8, 4) is 0 Å². The monoisotopic (exact) mass is 522 g/mol. The van der Waals surface area contributed by atoms with E-state index in [4.69, 9.17) is 46.5 Å². The standard InChI is InChI=1S/C25H51BO10/c1-4-24(2,35-15-7-13-32-19-23(30)21-34-17-11-28)8-5-14-36-25(3,26)9-6-12-31-18-22(29)20-33-16-10-27/h22-23,27-30H,4-21H2,1-3H3. The van der Waals surface area contributed by atoms with Gasteiger partial charge in [0.05, 0.1) is 58.5 Å². The molecule has 4 N–H and O–H groups in total. The topological polar surface area (TPSA) is 136 Å². The minimum Gasteiger partial charge on any atom is -0.394 e. The second kappa shape index (κ2) is 22.6. The van der Waals surface area contributed by atoms with Crippen LogP contribution in [0, 0.1) is 0 Å². The predicted molar refractivity (Wildman–Crippen MR) is 137 cm³/mol. The van der Waals surface area contributed by atoms with E-state index < -0.39 is 17.7 Å². The van der Waals surface area contributed by atoms with Crippen molar-refractivity contribution in [3.63, 3.8) is 0 Å². The van der Waals surface area contributed by atoms with Crippen LogP contribution in [0.5, 0.6) is 0 Å². The van der Waals surface area contributed by atoms with Gasteiger partial charge in [-0.2, -0.15) is 0 Å². The van der Waals surface area contributed by atoms with Gasteiger partial charge in [0.2, 0.25) is 0 Å². The number of aliphatic hydroxyl groups is 4. The Morgan fingerprint density at radius 1 is 0.639 bits per heavy atom. The minimum atomic E-state index is -0.749. The molecular formula is C25H51BO10. The lowest BCUT2D eigenvalue weighted by atomic mass is 9.79. The average Bonchev–Trinajstić information content (AvgIpc) is 2.84. The molecule has 0 aromatic rings. The largest absolute Gasteiger partial charge is 0.394 e. The number of hydrogen-bond acceptors (Lipinski definition) is 10. The van der Waals surface area contributed by atoms with Crippen LogP contribution in [0.2, 0.25) is 0 Å². The zero-order valence-electron chi connectivity index (χ0n) is 22.7. The van der Waals surface area contributed by atoms with Crippen molar-refractivity contribution < 1.29 is 48.8 Å². The maximum Gasteiger partial charge on any atom is 0.113 e. The smallest absolute Gasteiger partial charge is 0.113 e. The third-order valence-electron chi connectivity index (χ3n) is 5.59. The average molecular weight is 522 g/mol. The Labute approximate surface area is 219 Å². The van der Waals surface area contributed by atoms with Gasteiger partial charge in [0, 0.05) is 31.9 Å². The summed E-state index contributed by atoms with van der Waals surface area (Å²) in [7, 11) is 6.25. The highest BCUT2D eigenvalue weighted by atomic mass is 16.5. The van der Waals surface area contributed by atoms with Crippen LogP contribution in [0.1, 0.15) is 59.3 Å². The number of rotatable bonds is 27. The van der Waals surface area contributed by atoms with Crippen molar-refractivity contribution in [2.75, 3.05) is 79.3 Å². The first-order valence-corrected chi connectivity index (χ1v) is 13.1. The number of ether oxygens (including phenoxy) is 6. The SMILES string of the molecule is [B]C(C)(CCCOCC(O)COCCO)OCCCC(C)(CC)OCCCOCC(O)COCCO. The summed E-state index contributed by atoms with van der Waals surface area (Å²) in [6, 6.07) is 0. The summed E-state index contributed by atoms with van der Waals surface area (Å²) in [5.41, 5.74) is -0.998. The van der Waals surface area contributed by atoms with E-state index in [0.29, 0.717) is 39.3 Å². The molecule has 0 spiro atoms. The van der Waals surface area contributed by atoms with Crippen LogP contribution < -0.4 is 0 Å². The van der Waals surface area contributed by atoms with Crippen LogP contribution >= 0.6 is 0 Å². The molecule has 0 amide bonds. The summed E-state index contributed by atoms with van der Waals surface area (Å²) in [6.45, 7) is 9.05. The highest BCUT2D eigenvalue weighted by Gasteiger charge is 2.23. The molecule has 0 aliphatic heterocycles. The van der Waals surface area contributed by atoms with Gasteiger partial charge >= 0.3 is 0 Å². The molecule has 0 fully saturated rings. The van der Waals surface area contributed by atoms with E-state index in [-0.39, 0.29) is 58.5 Å². The first kappa shape index (κ1) is 35.7. The molecule has 10 nitrogen and oxygen atoms in total. The molecule has 2 radical (unpaired) electrons. The highest BCUT2D eigenvalue weighted by molar-refractivity contribution is 6.14. The van der Waals surface area contributed by atoms with Crippen LogP contribution in [0.3, 0.4) is 0 Å². The molecule has 0 aliphatic rings. The van der Waals surface area contributed by atoms with Gasteiger partial charge in [-0.3, -0.25) is 0 Å². The Hall–Kier alpha value is -0.335. The molecule has 11 heteroatoms. The highest BCUT2D eigenvalue weighted by Crippen LogP contribution is 2.23. The molecule has 0 aliphatic carbocycles. The van der Waals surface area contributed by atoms with E-state index in [2.05, 4.69) is 13.8 Å². The van der Waals surface area contributed by atoms with Crippen LogP contribution in [0.15, 0.2) is 0 Å². The van der Waals surface area contributed by atoms with E-state index in [1.54, 1.807) is 0 Å². The van der Waals surface area contributed by atoms with Gasteiger partial charge in [0.1, 0.15) is 20.1 Å². The van der Waals surface area contributed by atoms with Crippen molar-refractivity contribution in [3.05, 3.63) is 0 Å². The number of aliphatic hydroxyl groups excluding tert-OH is 4. The summed E-state index contributed by atoms with van der Waals surface area (Å²) >= 11 is 0. The molecule has 0 aromatic heterocycles. The summed E-state index contributed by atoms with van der Waals surface area (Å²) in [5.74, 6) is 0. The maximum absolute atomic E-state index is 9.69. The molecule has 214 valence electrons. The van der Waals surface area contributed by atoms with Crippen molar-refractivity contribution in [2.24, 2.45) is 0 Å². The van der Waals surface area contributed by atoms with Crippen molar-refractivity contribution in [2.45, 2.75) is 82.6 Å². The van der Waals surface area contributed by atoms with Crippen molar-refractivity contribution in [1.82, 2.24) is 0 Å². The van der Waals surface area contributed by atoms with E-state index in [0.717, 1.165) is 25.7 Å². The molecule has 0 rings (SSSR count). The van der Waals surface area contributed by atoms with Gasteiger partial charge in [0.15, 0.2) is 0 Å². The van der Waals surface area contributed by atoms with Crippen LogP contribution in [-0.2, 0) is 28.4 Å². The zero-order valence-corrected chi connectivity index (χ0v) is 22.7. The van der Waals surface area contributed by atoms with Crippen LogP contribution in [0.25, 0.3) is 0 Å². The van der Waals surface area contributed by atoms with Gasteiger partial charge in [-0.25, -0.2) is 0 Å². The fourth-order valence-corrected chi connectivity index (χ4v) is 3.28. The van der Waals surface area contributed by atoms with Crippen LogP contribution in [-0.4, -0.2) is 131 Å². The molecule has 0 bridgehead atoms. The molecule has 0 aromatic carbocycles. The van der Waals surface area contributed by atoms with Gasteiger partial charge in [0.25, 0.3) is 0 Å². The Morgan fingerprint density at radius 2 is 1.08 bits per heavy atom. The zero-order chi connectivity index (χ0) is 27.1. The molecule has 0 heterocycles. The molecule has 4 unspecified atom stereocenters. The quantitative estimate of drug-likeness (QED) is 0.0906. The fraction of sp³-hybridized carbons (Fsp3) is 1.00. The van der Waals surface area contributed by atoms with Crippen LogP contribution in [0.4, 0.5) is 0 Å². The Balaban J connectivity index is 3.86. The first-order valence-electron chi connectivity index (χ1n) is 13.1. The summed E-state index contributed by atoms with van der Waals surface area (Å²) in [4.78, 5) is 0. The summed E-state index contributed by atoms with van der Waals surface area (Å²) < 4.78 is 33.0. The Kier molecular flexibility index (Phi) is 22.4. The van der Waals surface area contributed by atoms with Gasteiger partial charge in [-0.1, -0.05) is 6.92 Å². The summed E-state index contributed by atoms with van der Waals surface area (Å²) in [6.07, 6.45) is 3.21. The molecule has 0 saturated heterocycles. The molecule has 4 atom stereocenters. The fourth-order valence-electron chi connectivity index (χ4n) is 3.28. The van der Waals surface area contributed by atoms with Gasteiger partial charge in [-0.05, 0) is 52.4 Å². The van der Waals surface area contributed by atoms with Crippen molar-refractivity contribution >= 4 is 7.85 Å². The third-order valence-corrected chi connectivity index (χ3v) is 5.59. The minimum absolute atomic E-state index is 0.0639. The van der Waals surface area contributed by atoms with Gasteiger partial charge in [-0.15, -0.1) is 0 Å². The maximum atomic E-state index is 9.69. The van der Waals surface area contributed by atoms with Gasteiger partial charge < -0.3 is 48.8 Å². The second-order valence-corrected chi connectivity index (χ2v) is 9.43. The van der Waals surface area contributed by atoms with E-state index >= 15 is 0 Å². The lowest BCUT2D eigenvalue weighted by molar-refractivity contribution is -0.0631. The first-order chi connectivity index (χ1) is 17.2. The normalized spacial score (nSPS) is 17.0. The third kappa shape index (κ3) is 21.7. The molecule has 0 saturated carbocycles. The van der Waals surface area contributed by atoms with Crippen molar-refractivity contribution in [1.29, 1.82) is 0 Å². The van der Waals surface area contributed by atoms with E-state index in [1.165, 1.54) is 0 Å². The second-order valence-electron chi connectivity index (χ2n) is 9.43. The number of hydrogen-bond donors (Lipinski definition) is 4. The van der Waals surface area contributed by atoms with E-state index in [1.807, 2.05) is 6.92 Å². The molecule has 36 heavy (non-hydrogen) atoms.